The average Bonchev–Trinajstić information content (AvgIpc) is 2.41. The highest BCUT2D eigenvalue weighted by molar-refractivity contribution is 7.89. The lowest BCUT2D eigenvalue weighted by Crippen LogP contribution is -2.40. The monoisotopic (exact) mass is 370 g/mol. The average molecular weight is 371 g/mol. The summed E-state index contributed by atoms with van der Waals surface area (Å²) in [6.45, 7) is 2.10. The van der Waals surface area contributed by atoms with Gasteiger partial charge in [0.1, 0.15) is 16.9 Å². The largest absolute Gasteiger partial charge is 0.480 e. The number of benzene rings is 1. The van der Waals surface area contributed by atoms with Crippen LogP contribution in [-0.2, 0) is 19.6 Å². The molecule has 11 heteroatoms. The van der Waals surface area contributed by atoms with Gasteiger partial charge in [0.05, 0.1) is 5.69 Å². The molecule has 0 bridgehead atoms. The molecule has 1 atom stereocenters. The van der Waals surface area contributed by atoms with Gasteiger partial charge < -0.3 is 10.4 Å². The molecule has 1 aromatic carbocycles. The van der Waals surface area contributed by atoms with E-state index in [9.17, 15) is 26.8 Å². The summed E-state index contributed by atoms with van der Waals surface area (Å²) in [4.78, 5) is 20.4. The van der Waals surface area contributed by atoms with Gasteiger partial charge in [-0.2, -0.15) is 4.31 Å². The summed E-state index contributed by atoms with van der Waals surface area (Å²) in [5, 5.41) is 10.1. The molecule has 1 aromatic rings. The number of sulfonamides is 1. The van der Waals surface area contributed by atoms with E-state index >= 15 is 0 Å². The van der Waals surface area contributed by atoms with Crippen molar-refractivity contribution in [2.75, 3.05) is 12.4 Å². The van der Waals surface area contributed by atoms with Gasteiger partial charge in [0.2, 0.25) is 15.9 Å². The van der Waals surface area contributed by atoms with Gasteiger partial charge in [0, 0.05) is 20.0 Å². The summed E-state index contributed by atoms with van der Waals surface area (Å²) in [6.07, 6.45) is 0. The van der Waals surface area contributed by atoms with Gasteiger partial charge in [0.15, 0.2) is 10.7 Å². The van der Waals surface area contributed by atoms with Crippen LogP contribution >= 0.6 is 11.6 Å². The van der Waals surface area contributed by atoms with E-state index in [-0.39, 0.29) is 0 Å². The van der Waals surface area contributed by atoms with Crippen LogP contribution in [0.5, 0.6) is 0 Å². The number of likely N-dealkylation sites (N-methyl/N-ethyl adjacent to an activating group) is 1. The zero-order valence-corrected chi connectivity index (χ0v) is 13.8. The van der Waals surface area contributed by atoms with Crippen molar-refractivity contribution in [2.24, 2.45) is 0 Å². The summed E-state index contributed by atoms with van der Waals surface area (Å²) < 4.78 is 53.1. The second kappa shape index (κ2) is 6.77. The highest BCUT2D eigenvalue weighted by Crippen LogP contribution is 2.33. The first-order valence-corrected chi connectivity index (χ1v) is 7.89. The molecule has 0 aliphatic heterocycles. The van der Waals surface area contributed by atoms with Crippen molar-refractivity contribution in [3.8, 4) is 0 Å². The molecular weight excluding hydrogens is 358 g/mol. The third-order valence-corrected chi connectivity index (χ3v) is 5.30. The number of hydrogen-bond donors (Lipinski definition) is 2. The first kappa shape index (κ1) is 19.3. The Morgan fingerprint density at radius 1 is 1.39 bits per heavy atom. The van der Waals surface area contributed by atoms with Gasteiger partial charge in [-0.25, -0.2) is 17.2 Å². The van der Waals surface area contributed by atoms with E-state index in [0.29, 0.717) is 10.4 Å². The predicted octanol–water partition coefficient (Wildman–Crippen LogP) is 1.67. The van der Waals surface area contributed by atoms with Crippen LogP contribution in [0, 0.1) is 11.6 Å². The molecule has 0 aromatic heterocycles. The number of carbonyl (C=O) groups is 2. The van der Waals surface area contributed by atoms with Crippen LogP contribution in [0.2, 0.25) is 5.02 Å². The van der Waals surface area contributed by atoms with Crippen molar-refractivity contribution in [1.29, 1.82) is 0 Å². The fourth-order valence-corrected chi connectivity index (χ4v) is 3.28. The smallest absolute Gasteiger partial charge is 0.321 e. The number of aliphatic carboxylic acids is 1. The second-order valence-electron chi connectivity index (χ2n) is 4.58. The molecule has 0 fully saturated rings. The maximum atomic E-state index is 14.2. The van der Waals surface area contributed by atoms with E-state index in [1.807, 2.05) is 0 Å². The van der Waals surface area contributed by atoms with E-state index in [4.69, 9.17) is 16.7 Å². The van der Waals surface area contributed by atoms with E-state index in [1.54, 1.807) is 0 Å². The van der Waals surface area contributed by atoms with Gasteiger partial charge in [-0.15, -0.1) is 0 Å². The summed E-state index contributed by atoms with van der Waals surface area (Å²) in [7, 11) is -3.94. The highest BCUT2D eigenvalue weighted by Gasteiger charge is 2.35. The number of carbonyl (C=O) groups excluding carboxylic acids is 1. The van der Waals surface area contributed by atoms with Gasteiger partial charge in [-0.05, 0) is 6.92 Å². The van der Waals surface area contributed by atoms with E-state index in [2.05, 4.69) is 5.32 Å². The molecule has 0 heterocycles. The Morgan fingerprint density at radius 3 is 2.35 bits per heavy atom. The van der Waals surface area contributed by atoms with E-state index in [1.165, 1.54) is 0 Å². The first-order valence-electron chi connectivity index (χ1n) is 6.07. The lowest BCUT2D eigenvalue weighted by atomic mass is 10.3. The van der Waals surface area contributed by atoms with Gasteiger partial charge in [-0.3, -0.25) is 9.59 Å². The molecule has 7 nitrogen and oxygen atoms in total. The summed E-state index contributed by atoms with van der Waals surface area (Å²) in [5.41, 5.74) is -0.443. The number of carboxylic acids is 1. The molecule has 0 aliphatic rings. The highest BCUT2D eigenvalue weighted by atomic mass is 35.5. The SMILES string of the molecule is CC(=O)Nc1cc(F)c(S(=O)(=O)N(C)C(C)C(=O)O)c(F)c1Cl. The number of hydrogen-bond acceptors (Lipinski definition) is 4. The zero-order valence-electron chi connectivity index (χ0n) is 12.2. The molecule has 23 heavy (non-hydrogen) atoms. The minimum absolute atomic E-state index is 0.297. The molecule has 1 unspecified atom stereocenters. The molecule has 0 aliphatic carbocycles. The molecule has 0 saturated carbocycles. The van der Waals surface area contributed by atoms with Crippen molar-refractivity contribution < 1.29 is 31.9 Å². The minimum Gasteiger partial charge on any atom is -0.480 e. The van der Waals surface area contributed by atoms with Gasteiger partial charge in [0.25, 0.3) is 0 Å². The van der Waals surface area contributed by atoms with Crippen molar-refractivity contribution in [3.05, 3.63) is 22.7 Å². The van der Waals surface area contributed by atoms with Crippen molar-refractivity contribution in [1.82, 2.24) is 4.31 Å². The summed E-state index contributed by atoms with van der Waals surface area (Å²) in [6, 6.07) is -1.02. The van der Waals surface area contributed by atoms with E-state index < -0.39 is 55.2 Å². The summed E-state index contributed by atoms with van der Waals surface area (Å²) in [5.74, 6) is -5.31. The Labute approximate surface area is 135 Å². The predicted molar refractivity (Wildman–Crippen MR) is 77.7 cm³/mol. The van der Waals surface area contributed by atoms with Crippen LogP contribution in [0.4, 0.5) is 14.5 Å². The number of halogens is 3. The van der Waals surface area contributed by atoms with Crippen LogP contribution in [-0.4, -0.2) is 42.8 Å². The number of rotatable bonds is 5. The van der Waals surface area contributed by atoms with Crippen molar-refractivity contribution in [3.63, 3.8) is 0 Å². The standard InChI is InChI=1S/C12H13ClF2N2O5S/c1-5(12(19)20)17(3)23(21,22)11-7(14)4-8(16-6(2)18)9(13)10(11)15/h4-5H,1-3H3,(H,16,18)(H,19,20). The Hall–Kier alpha value is -1.78. The fraction of sp³-hybridized carbons (Fsp3) is 0.333. The second-order valence-corrected chi connectivity index (χ2v) is 6.89. The number of carboxylic acid groups (broad SMARTS) is 1. The molecule has 1 amide bonds. The minimum atomic E-state index is -4.81. The van der Waals surface area contributed by atoms with Crippen LogP contribution in [0.1, 0.15) is 13.8 Å². The van der Waals surface area contributed by atoms with Gasteiger partial charge in [-0.1, -0.05) is 11.6 Å². The van der Waals surface area contributed by atoms with Gasteiger partial charge >= 0.3 is 5.97 Å². The fourth-order valence-electron chi connectivity index (χ4n) is 1.60. The Bertz CT molecular complexity index is 769. The molecule has 0 spiro atoms. The number of amides is 1. The Morgan fingerprint density at radius 2 is 1.91 bits per heavy atom. The topological polar surface area (TPSA) is 104 Å². The molecule has 2 N–H and O–H groups in total. The van der Waals surface area contributed by atoms with E-state index in [0.717, 1.165) is 20.9 Å². The normalized spacial score (nSPS) is 13.0. The lowest BCUT2D eigenvalue weighted by Gasteiger charge is -2.22. The number of anilines is 1. The third kappa shape index (κ3) is 3.77. The molecule has 128 valence electrons. The van der Waals surface area contributed by atoms with Crippen LogP contribution < -0.4 is 5.32 Å². The zero-order chi connectivity index (χ0) is 18.1. The number of nitrogens with one attached hydrogen (secondary N) is 1. The third-order valence-electron chi connectivity index (χ3n) is 2.97. The van der Waals surface area contributed by atoms with Crippen LogP contribution in [0.15, 0.2) is 11.0 Å². The van der Waals surface area contributed by atoms with Crippen molar-refractivity contribution >= 4 is 39.2 Å². The molecule has 0 saturated heterocycles. The Balaban J connectivity index is 3.52. The maximum absolute atomic E-state index is 14.2. The molecular formula is C12H13ClF2N2O5S. The molecule has 1 rings (SSSR count). The van der Waals surface area contributed by atoms with Crippen LogP contribution in [0.25, 0.3) is 0 Å². The Kier molecular flexibility index (Phi) is 5.67. The maximum Gasteiger partial charge on any atom is 0.321 e. The first-order chi connectivity index (χ1) is 10.4. The summed E-state index contributed by atoms with van der Waals surface area (Å²) >= 11 is 5.61. The van der Waals surface area contributed by atoms with Crippen molar-refractivity contribution in [2.45, 2.75) is 24.8 Å². The number of nitrogens with zero attached hydrogens (tertiary/aromatic N) is 1. The van der Waals surface area contributed by atoms with Crippen LogP contribution in [0.3, 0.4) is 0 Å². The lowest BCUT2D eigenvalue weighted by molar-refractivity contribution is -0.140. The quantitative estimate of drug-likeness (QED) is 0.767. The molecule has 0 radical (unpaired) electrons.